The summed E-state index contributed by atoms with van der Waals surface area (Å²) in [7, 11) is 12.9. The van der Waals surface area contributed by atoms with Crippen LogP contribution in [-0.2, 0) is 30.6 Å². The van der Waals surface area contributed by atoms with Gasteiger partial charge in [-0.1, -0.05) is 18.2 Å². The molecule has 1 unspecified atom stereocenters. The summed E-state index contributed by atoms with van der Waals surface area (Å²) in [6.45, 7) is 1.15. The summed E-state index contributed by atoms with van der Waals surface area (Å²) in [5, 5.41) is 17.8. The predicted molar refractivity (Wildman–Crippen MR) is 116 cm³/mol. The molecule has 2 aromatic rings. The third-order valence-corrected chi connectivity index (χ3v) is 6.96. The number of aryl methyl sites for hydroxylation is 1. The lowest BCUT2D eigenvalue weighted by Crippen LogP contribution is -2.60. The number of aromatic amines is 1. The lowest BCUT2D eigenvalue weighted by Gasteiger charge is -2.42. The van der Waals surface area contributed by atoms with Crippen LogP contribution in [0.15, 0.2) is 35.3 Å². The molecule has 1 fully saturated rings. The number of aliphatic hydroxyl groups excluding tert-OH is 2. The zero-order valence-corrected chi connectivity index (χ0v) is 18.7. The number of halogens is 1. The molecule has 2 aliphatic heterocycles. The van der Waals surface area contributed by atoms with Crippen LogP contribution in [0.3, 0.4) is 0 Å². The van der Waals surface area contributed by atoms with E-state index in [4.69, 9.17) is 54.1 Å². The number of nitrogens with zero attached hydrogens (tertiary/aromatic N) is 1. The van der Waals surface area contributed by atoms with E-state index in [1.165, 1.54) is 13.0 Å². The summed E-state index contributed by atoms with van der Waals surface area (Å²) in [6.07, 6.45) is -3.69. The van der Waals surface area contributed by atoms with Crippen molar-refractivity contribution in [1.82, 2.24) is 9.55 Å². The van der Waals surface area contributed by atoms with E-state index in [1.54, 1.807) is 18.2 Å². The van der Waals surface area contributed by atoms with Crippen molar-refractivity contribution in [2.45, 2.75) is 42.6 Å². The van der Waals surface area contributed by atoms with Crippen LogP contribution in [0.5, 0.6) is 5.75 Å². The number of phosphoric acid groups is 1. The molecule has 10 nitrogen and oxygen atoms in total. The van der Waals surface area contributed by atoms with E-state index in [9.17, 15) is 19.6 Å². The third-order valence-electron chi connectivity index (χ3n) is 5.27. The Morgan fingerprint density at radius 2 is 2.03 bits per heavy atom. The standard InChI is InChI=1S/C17H15B3FN2O8PS/c1-8-6-23(14(33)22-13(8)26)16(18)12(25)11(24)15(21,30-16)17(19,20)31-32(27)28-7-9-4-2-3-5-10(9)29-32/h2-6,11-12,24-25H,7H2,1H3,(H,22,26,33)/t11-,12+,15-,16-,32?/m0/s1. The van der Waals surface area contributed by atoms with Crippen molar-refractivity contribution < 1.29 is 37.5 Å². The molecule has 0 aliphatic carbocycles. The Labute approximate surface area is 195 Å². The second-order valence-corrected chi connectivity index (χ2v) is 9.54. The average Bonchev–Trinajstić information content (AvgIpc) is 2.91. The first kappa shape index (κ1) is 24.4. The van der Waals surface area contributed by atoms with E-state index < -0.39 is 42.5 Å². The molecule has 16 heteroatoms. The highest BCUT2D eigenvalue weighted by Crippen LogP contribution is 2.59. The van der Waals surface area contributed by atoms with Crippen molar-refractivity contribution in [3.63, 3.8) is 0 Å². The van der Waals surface area contributed by atoms with E-state index in [0.717, 1.165) is 10.8 Å². The molecule has 168 valence electrons. The second-order valence-electron chi connectivity index (χ2n) is 7.63. The molecule has 4 rings (SSSR count). The maximum absolute atomic E-state index is 16.0. The number of ether oxygens (including phenoxy) is 1. The predicted octanol–water partition coefficient (Wildman–Crippen LogP) is 0.136. The van der Waals surface area contributed by atoms with Gasteiger partial charge in [0.1, 0.15) is 47.1 Å². The number of fused-ring (bicyclic) bond motifs is 1. The zero-order chi connectivity index (χ0) is 24.4. The Bertz CT molecular complexity index is 1280. The van der Waals surface area contributed by atoms with Crippen molar-refractivity contribution >= 4 is 43.6 Å². The van der Waals surface area contributed by atoms with Gasteiger partial charge in [-0.3, -0.25) is 18.8 Å². The quantitative estimate of drug-likeness (QED) is 0.311. The van der Waals surface area contributed by atoms with Gasteiger partial charge in [-0.2, -0.15) is 0 Å². The molecular formula is C17H15B3FN2O8PS. The number of aliphatic hydroxyl groups is 2. The summed E-state index contributed by atoms with van der Waals surface area (Å²) >= 11 is 5.01. The fourth-order valence-electron chi connectivity index (χ4n) is 3.42. The van der Waals surface area contributed by atoms with Crippen molar-refractivity contribution in [1.29, 1.82) is 0 Å². The number of hydrogen-bond acceptors (Lipinski definition) is 9. The highest BCUT2D eigenvalue weighted by Gasteiger charge is 2.68. The fourth-order valence-corrected chi connectivity index (χ4v) is 5.06. The Kier molecular flexibility index (Phi) is 5.85. The minimum absolute atomic E-state index is 0.0743. The third kappa shape index (κ3) is 3.85. The van der Waals surface area contributed by atoms with Crippen LogP contribution < -0.4 is 10.1 Å². The van der Waals surface area contributed by atoms with Gasteiger partial charge in [-0.05, 0) is 25.2 Å². The van der Waals surface area contributed by atoms with Crippen LogP contribution in [-0.4, -0.2) is 66.8 Å². The first-order valence-corrected chi connectivity index (χ1v) is 11.3. The molecule has 1 aromatic heterocycles. The SMILES string of the molecule is [B]C([B])(OP1(=O)OCc2ccccc2O1)[C@@]1(F)O[C@@]([B])(n2cc(C)c(=O)[nH]c2=S)[C@H](O)[C@@H]1O. The number of hydrogen-bond donors (Lipinski definition) is 3. The largest absolute Gasteiger partial charge is 0.529 e. The maximum Gasteiger partial charge on any atom is 0.529 e. The first-order valence-electron chi connectivity index (χ1n) is 9.40. The van der Waals surface area contributed by atoms with Gasteiger partial charge in [0.2, 0.25) is 0 Å². The Hall–Kier alpha value is -1.73. The van der Waals surface area contributed by atoms with Gasteiger partial charge in [-0.25, -0.2) is 8.96 Å². The van der Waals surface area contributed by atoms with Crippen molar-refractivity contribution in [2.75, 3.05) is 0 Å². The molecule has 6 radical (unpaired) electrons. The summed E-state index contributed by atoms with van der Waals surface area (Å²) in [5.41, 5.74) is -2.58. The van der Waals surface area contributed by atoms with Gasteiger partial charge in [0, 0.05) is 17.3 Å². The van der Waals surface area contributed by atoms with E-state index in [-0.39, 0.29) is 22.7 Å². The molecule has 0 saturated carbocycles. The maximum atomic E-state index is 16.0. The van der Waals surface area contributed by atoms with Gasteiger partial charge >= 0.3 is 7.82 Å². The molecule has 0 bridgehead atoms. The number of benzene rings is 1. The summed E-state index contributed by atoms with van der Waals surface area (Å²) in [5.74, 6) is -3.55. The van der Waals surface area contributed by atoms with Crippen molar-refractivity contribution in [3.8, 4) is 5.75 Å². The zero-order valence-electron chi connectivity index (χ0n) is 17.0. The van der Waals surface area contributed by atoms with Gasteiger partial charge in [-0.15, -0.1) is 0 Å². The number of aromatic nitrogens is 2. The molecule has 5 atom stereocenters. The molecule has 0 spiro atoms. The number of para-hydroxylation sites is 1. The molecule has 1 aromatic carbocycles. The van der Waals surface area contributed by atoms with Crippen LogP contribution in [0.25, 0.3) is 0 Å². The minimum Gasteiger partial charge on any atom is -0.404 e. The van der Waals surface area contributed by atoms with E-state index in [1.807, 2.05) is 0 Å². The molecule has 33 heavy (non-hydrogen) atoms. The van der Waals surface area contributed by atoms with Gasteiger partial charge in [0.15, 0.2) is 4.77 Å². The van der Waals surface area contributed by atoms with Crippen molar-refractivity contribution in [2.24, 2.45) is 0 Å². The Morgan fingerprint density at radius 3 is 2.73 bits per heavy atom. The number of alkyl halides is 1. The summed E-state index contributed by atoms with van der Waals surface area (Å²) in [6, 6.07) is 6.36. The van der Waals surface area contributed by atoms with Gasteiger partial charge in [0.25, 0.3) is 11.4 Å². The van der Waals surface area contributed by atoms with Crippen LogP contribution in [0.1, 0.15) is 11.1 Å². The highest BCUT2D eigenvalue weighted by molar-refractivity contribution is 7.71. The van der Waals surface area contributed by atoms with Crippen LogP contribution in [0.4, 0.5) is 4.39 Å². The summed E-state index contributed by atoms with van der Waals surface area (Å²) < 4.78 is 49.8. The lowest BCUT2D eigenvalue weighted by atomic mass is 9.59. The number of H-pyrrole nitrogens is 1. The molecular weight excluding hydrogens is 475 g/mol. The van der Waals surface area contributed by atoms with Crippen molar-refractivity contribution in [3.05, 3.63) is 56.7 Å². The monoisotopic (exact) mass is 490 g/mol. The molecule has 3 heterocycles. The molecule has 2 aliphatic rings. The number of rotatable bonds is 4. The number of nitrogens with one attached hydrogen (secondary N) is 1. The minimum atomic E-state index is -4.62. The molecule has 3 N–H and O–H groups in total. The van der Waals surface area contributed by atoms with Crippen LogP contribution in [0.2, 0.25) is 0 Å². The molecule has 0 amide bonds. The Morgan fingerprint density at radius 1 is 1.36 bits per heavy atom. The Balaban J connectivity index is 1.68. The van der Waals surface area contributed by atoms with Gasteiger partial charge < -0.3 is 24.0 Å². The normalized spacial score (nSPS) is 33.9. The van der Waals surface area contributed by atoms with E-state index >= 15 is 4.39 Å². The second kappa shape index (κ2) is 7.91. The lowest BCUT2D eigenvalue weighted by molar-refractivity contribution is -0.240. The smallest absolute Gasteiger partial charge is 0.404 e. The fraction of sp³-hybridized carbons (Fsp3) is 0.412. The number of phosphoric ester groups is 1. The van der Waals surface area contributed by atoms with Crippen LogP contribution >= 0.6 is 20.0 Å². The van der Waals surface area contributed by atoms with E-state index in [2.05, 4.69) is 4.98 Å². The molecule has 1 saturated heterocycles. The first-order chi connectivity index (χ1) is 15.2. The van der Waals surface area contributed by atoms with E-state index in [0.29, 0.717) is 5.56 Å². The highest BCUT2D eigenvalue weighted by atomic mass is 32.1. The summed E-state index contributed by atoms with van der Waals surface area (Å²) in [4.78, 5) is 14.0. The van der Waals surface area contributed by atoms with Crippen LogP contribution in [0, 0.1) is 11.7 Å². The topological polar surface area (TPSA) is 132 Å². The average molecular weight is 490 g/mol. The van der Waals surface area contributed by atoms with Gasteiger partial charge in [0.05, 0.1) is 12.0 Å².